The number of benzene rings is 1. The van der Waals surface area contributed by atoms with Crippen LogP contribution in [0, 0.1) is 10.1 Å². The number of amidine groups is 1. The van der Waals surface area contributed by atoms with E-state index in [1.165, 1.54) is 6.92 Å². The Kier molecular flexibility index (Phi) is 2.97. The lowest BCUT2D eigenvalue weighted by Gasteiger charge is -1.93. The molecule has 68 valence electrons. The van der Waals surface area contributed by atoms with E-state index >= 15 is 0 Å². The average Bonchev–Trinajstić information content (AvgIpc) is 2.15. The molecule has 13 heavy (non-hydrogen) atoms. The predicted molar refractivity (Wildman–Crippen MR) is 50.2 cm³/mol. The van der Waals surface area contributed by atoms with Crippen LogP contribution >= 0.6 is 0 Å². The van der Waals surface area contributed by atoms with Gasteiger partial charge >= 0.3 is 5.84 Å². The number of nitrogens with zero attached hydrogens (tertiary/aromatic N) is 2. The molecule has 0 heterocycles. The zero-order chi connectivity index (χ0) is 9.68. The summed E-state index contributed by atoms with van der Waals surface area (Å²) in [6.07, 6.45) is 0. The van der Waals surface area contributed by atoms with Crippen molar-refractivity contribution >= 4 is 11.5 Å². The van der Waals surface area contributed by atoms with Gasteiger partial charge in [-0.25, -0.2) is 0 Å². The Morgan fingerprint density at radius 1 is 1.46 bits per heavy atom. The number of anilines is 1. The summed E-state index contributed by atoms with van der Waals surface area (Å²) in [5.74, 6) is -0.163. The summed E-state index contributed by atoms with van der Waals surface area (Å²) in [5.41, 5.74) is 3.30. The van der Waals surface area contributed by atoms with Crippen molar-refractivity contribution in [2.45, 2.75) is 6.92 Å². The van der Waals surface area contributed by atoms with Gasteiger partial charge in [-0.15, -0.1) is 0 Å². The van der Waals surface area contributed by atoms with Gasteiger partial charge in [0.15, 0.2) is 0 Å². The molecule has 1 aromatic carbocycles. The number of hydrogen-bond donors (Lipinski definition) is 1. The fourth-order valence-electron chi connectivity index (χ4n) is 0.699. The SMILES string of the molecule is C/C(=N\Nc1ccccc1)[N+](=O)[O-]. The molecule has 0 spiro atoms. The van der Waals surface area contributed by atoms with Crippen LogP contribution in [0.15, 0.2) is 35.4 Å². The first-order valence-corrected chi connectivity index (χ1v) is 3.70. The van der Waals surface area contributed by atoms with Gasteiger partial charge in [0.1, 0.15) is 0 Å². The lowest BCUT2D eigenvalue weighted by molar-refractivity contribution is -0.351. The van der Waals surface area contributed by atoms with Crippen molar-refractivity contribution in [2.24, 2.45) is 5.10 Å². The molecule has 0 radical (unpaired) electrons. The molecule has 0 aliphatic heterocycles. The third-order valence-electron chi connectivity index (χ3n) is 1.38. The summed E-state index contributed by atoms with van der Waals surface area (Å²) in [4.78, 5) is 9.61. The summed E-state index contributed by atoms with van der Waals surface area (Å²) < 4.78 is 0. The highest BCUT2D eigenvalue weighted by Crippen LogP contribution is 2.04. The van der Waals surface area contributed by atoms with E-state index in [1.807, 2.05) is 18.2 Å². The minimum Gasteiger partial charge on any atom is -0.358 e. The molecule has 0 unspecified atom stereocenters. The van der Waals surface area contributed by atoms with Crippen molar-refractivity contribution < 1.29 is 4.92 Å². The molecule has 0 saturated heterocycles. The first kappa shape index (κ1) is 9.18. The molecule has 0 aliphatic rings. The van der Waals surface area contributed by atoms with Crippen molar-refractivity contribution in [3.63, 3.8) is 0 Å². The number of para-hydroxylation sites is 1. The van der Waals surface area contributed by atoms with Crippen LogP contribution in [0.25, 0.3) is 0 Å². The van der Waals surface area contributed by atoms with Crippen LogP contribution in [0.2, 0.25) is 0 Å². The Labute approximate surface area is 75.2 Å². The maximum atomic E-state index is 10.2. The van der Waals surface area contributed by atoms with Crippen LogP contribution in [0.4, 0.5) is 5.69 Å². The first-order valence-electron chi connectivity index (χ1n) is 3.70. The third-order valence-corrected chi connectivity index (χ3v) is 1.38. The Morgan fingerprint density at radius 3 is 2.62 bits per heavy atom. The molecule has 0 saturated carbocycles. The zero-order valence-corrected chi connectivity index (χ0v) is 7.10. The van der Waals surface area contributed by atoms with Gasteiger partial charge in [0.05, 0.1) is 10.8 Å². The van der Waals surface area contributed by atoms with Gasteiger partial charge in [-0.05, 0) is 17.1 Å². The van der Waals surface area contributed by atoms with E-state index in [9.17, 15) is 10.1 Å². The first-order chi connectivity index (χ1) is 6.20. The van der Waals surface area contributed by atoms with Gasteiger partial charge in [0, 0.05) is 6.92 Å². The van der Waals surface area contributed by atoms with Gasteiger partial charge in [-0.1, -0.05) is 18.2 Å². The maximum absolute atomic E-state index is 10.2. The number of hydrogen-bond acceptors (Lipinski definition) is 4. The third kappa shape index (κ3) is 2.90. The normalized spacial score (nSPS) is 11.0. The van der Waals surface area contributed by atoms with E-state index in [0.29, 0.717) is 0 Å². The second-order valence-electron chi connectivity index (χ2n) is 2.39. The zero-order valence-electron chi connectivity index (χ0n) is 7.10. The summed E-state index contributed by atoms with van der Waals surface area (Å²) in [5, 5.41) is 13.7. The molecule has 0 bridgehead atoms. The van der Waals surface area contributed by atoms with Crippen LogP contribution in [0.3, 0.4) is 0 Å². The van der Waals surface area contributed by atoms with Gasteiger partial charge in [0.25, 0.3) is 0 Å². The highest BCUT2D eigenvalue weighted by molar-refractivity contribution is 5.71. The molecule has 1 N–H and O–H groups in total. The van der Waals surface area contributed by atoms with Gasteiger partial charge in [-0.3, -0.25) is 0 Å². The molecule has 5 nitrogen and oxygen atoms in total. The lowest BCUT2D eigenvalue weighted by atomic mass is 10.3. The molecule has 1 rings (SSSR count). The summed E-state index contributed by atoms with van der Waals surface area (Å²) in [6.45, 7) is 1.33. The molecular formula is C8H9N3O2. The van der Waals surface area contributed by atoms with Crippen molar-refractivity contribution in [3.05, 3.63) is 40.4 Å². The van der Waals surface area contributed by atoms with Gasteiger partial charge in [0.2, 0.25) is 0 Å². The van der Waals surface area contributed by atoms with Crippen molar-refractivity contribution in [2.75, 3.05) is 5.43 Å². The van der Waals surface area contributed by atoms with Crippen LogP contribution < -0.4 is 5.43 Å². The lowest BCUT2D eigenvalue weighted by Crippen LogP contribution is -2.08. The predicted octanol–water partition coefficient (Wildman–Crippen LogP) is 1.71. The molecular weight excluding hydrogens is 170 g/mol. The van der Waals surface area contributed by atoms with Crippen molar-refractivity contribution in [1.82, 2.24) is 0 Å². The quantitative estimate of drug-likeness (QED) is 0.325. The Hall–Kier alpha value is -1.91. The Morgan fingerprint density at radius 2 is 2.08 bits per heavy atom. The average molecular weight is 179 g/mol. The highest BCUT2D eigenvalue weighted by atomic mass is 16.6. The van der Waals surface area contributed by atoms with Crippen molar-refractivity contribution in [3.8, 4) is 0 Å². The van der Waals surface area contributed by atoms with Crippen molar-refractivity contribution in [1.29, 1.82) is 0 Å². The Balaban J connectivity index is 2.62. The summed E-state index contributed by atoms with van der Waals surface area (Å²) in [6, 6.07) is 9.04. The molecule has 0 amide bonds. The highest BCUT2D eigenvalue weighted by Gasteiger charge is 2.02. The molecule has 0 aromatic heterocycles. The van der Waals surface area contributed by atoms with Crippen LogP contribution in [0.5, 0.6) is 0 Å². The molecule has 1 aromatic rings. The molecule has 0 fully saturated rings. The monoisotopic (exact) mass is 179 g/mol. The van der Waals surface area contributed by atoms with Gasteiger partial charge in [-0.2, -0.15) is 5.43 Å². The second kappa shape index (κ2) is 4.20. The van der Waals surface area contributed by atoms with E-state index in [4.69, 9.17) is 0 Å². The molecule has 0 aliphatic carbocycles. The number of rotatable bonds is 2. The minimum atomic E-state index is -0.546. The Bertz CT molecular complexity index is 321. The second-order valence-corrected chi connectivity index (χ2v) is 2.39. The van der Waals surface area contributed by atoms with E-state index in [1.54, 1.807) is 12.1 Å². The topological polar surface area (TPSA) is 67.5 Å². The standard InChI is InChI=1S/C8H9N3O2/c1-7(11(12)13)9-10-8-5-3-2-4-6-8/h2-6,10H,1H3/b9-7+. The van der Waals surface area contributed by atoms with Gasteiger partial charge < -0.3 is 10.1 Å². The van der Waals surface area contributed by atoms with E-state index in [2.05, 4.69) is 10.5 Å². The van der Waals surface area contributed by atoms with E-state index in [-0.39, 0.29) is 5.84 Å². The fourth-order valence-corrected chi connectivity index (χ4v) is 0.699. The summed E-state index contributed by atoms with van der Waals surface area (Å²) in [7, 11) is 0. The molecule has 5 heteroatoms. The van der Waals surface area contributed by atoms with E-state index in [0.717, 1.165) is 5.69 Å². The number of hydrazone groups is 1. The van der Waals surface area contributed by atoms with E-state index < -0.39 is 4.92 Å². The molecule has 0 atom stereocenters. The maximum Gasteiger partial charge on any atom is 0.360 e. The fraction of sp³-hybridized carbons (Fsp3) is 0.125. The number of nitrogens with one attached hydrogen (secondary N) is 1. The largest absolute Gasteiger partial charge is 0.360 e. The van der Waals surface area contributed by atoms with Crippen LogP contribution in [0.1, 0.15) is 6.92 Å². The summed E-state index contributed by atoms with van der Waals surface area (Å²) >= 11 is 0. The number of nitro groups is 1. The minimum absolute atomic E-state index is 0.163. The smallest absolute Gasteiger partial charge is 0.358 e. The van der Waals surface area contributed by atoms with Crippen LogP contribution in [-0.4, -0.2) is 10.8 Å². The van der Waals surface area contributed by atoms with Crippen LogP contribution in [-0.2, 0) is 0 Å².